The normalized spacial score (nSPS) is 15.1. The van der Waals surface area contributed by atoms with Crippen LogP contribution in [0.5, 0.6) is 5.75 Å². The van der Waals surface area contributed by atoms with Gasteiger partial charge in [0.25, 0.3) is 0 Å². The molecule has 39 heavy (non-hydrogen) atoms. The molecule has 198 valence electrons. The number of benzene rings is 2. The number of nitrogens with one attached hydrogen (secondary N) is 1. The lowest BCUT2D eigenvalue weighted by Gasteiger charge is -2.13. The Labute approximate surface area is 222 Å². The van der Waals surface area contributed by atoms with Crippen LogP contribution in [0, 0.1) is 11.6 Å². The molecule has 0 spiro atoms. The number of fused-ring (bicyclic) bond motifs is 1. The van der Waals surface area contributed by atoms with Crippen molar-refractivity contribution in [2.45, 2.75) is 32.4 Å². The minimum absolute atomic E-state index is 0.113. The van der Waals surface area contributed by atoms with E-state index in [1.807, 2.05) is 30.3 Å². The second-order valence-corrected chi connectivity index (χ2v) is 9.04. The van der Waals surface area contributed by atoms with Crippen LogP contribution in [-0.4, -0.2) is 42.9 Å². The van der Waals surface area contributed by atoms with E-state index in [1.165, 1.54) is 18.5 Å². The molecule has 1 saturated heterocycles. The van der Waals surface area contributed by atoms with Crippen LogP contribution in [0.15, 0.2) is 61.1 Å². The number of halogens is 2. The summed E-state index contributed by atoms with van der Waals surface area (Å²) in [5.41, 5.74) is 1.79. The summed E-state index contributed by atoms with van der Waals surface area (Å²) in [7, 11) is 0. The summed E-state index contributed by atoms with van der Waals surface area (Å²) in [4.78, 5) is 17.7. The first kappa shape index (κ1) is 24.8. The van der Waals surface area contributed by atoms with Gasteiger partial charge in [-0.05, 0) is 31.9 Å². The molecule has 0 radical (unpaired) electrons. The van der Waals surface area contributed by atoms with Gasteiger partial charge in [0.1, 0.15) is 41.0 Å². The fourth-order valence-corrected chi connectivity index (χ4v) is 4.65. The molecule has 3 aromatic heterocycles. The van der Waals surface area contributed by atoms with Crippen LogP contribution in [0.4, 0.5) is 20.4 Å². The average Bonchev–Trinajstić information content (AvgIpc) is 3.60. The molecule has 1 fully saturated rings. The van der Waals surface area contributed by atoms with Crippen LogP contribution in [0.1, 0.15) is 37.1 Å². The van der Waals surface area contributed by atoms with Crippen molar-refractivity contribution < 1.29 is 18.3 Å². The first-order valence-electron chi connectivity index (χ1n) is 12.7. The van der Waals surface area contributed by atoms with E-state index >= 15 is 0 Å². The highest BCUT2D eigenvalue weighted by Crippen LogP contribution is 2.33. The Morgan fingerprint density at radius 3 is 2.67 bits per heavy atom. The maximum absolute atomic E-state index is 14.9. The number of para-hydroxylation sites is 1. The maximum atomic E-state index is 14.9. The molecule has 9 nitrogen and oxygen atoms in total. The first-order valence-corrected chi connectivity index (χ1v) is 12.7. The van der Waals surface area contributed by atoms with Crippen molar-refractivity contribution in [1.82, 2.24) is 29.7 Å². The van der Waals surface area contributed by atoms with Gasteiger partial charge in [-0.2, -0.15) is 5.10 Å². The van der Waals surface area contributed by atoms with Crippen molar-refractivity contribution in [2.75, 3.05) is 18.5 Å². The van der Waals surface area contributed by atoms with Crippen molar-refractivity contribution in [3.05, 3.63) is 83.9 Å². The Balaban J connectivity index is 1.43. The third kappa shape index (κ3) is 5.13. The number of anilines is 2. The molecule has 0 bridgehead atoms. The first-order chi connectivity index (χ1) is 19.1. The van der Waals surface area contributed by atoms with Gasteiger partial charge in [0.2, 0.25) is 0 Å². The van der Waals surface area contributed by atoms with Gasteiger partial charge in [-0.1, -0.05) is 18.2 Å². The summed E-state index contributed by atoms with van der Waals surface area (Å²) >= 11 is 0. The molecule has 4 heterocycles. The van der Waals surface area contributed by atoms with Crippen LogP contribution in [0.25, 0.3) is 22.4 Å². The number of nitrogens with zero attached hydrogens (tertiary/aromatic N) is 6. The molecule has 6 rings (SSSR count). The van der Waals surface area contributed by atoms with Crippen molar-refractivity contribution in [1.29, 1.82) is 0 Å². The van der Waals surface area contributed by atoms with Crippen molar-refractivity contribution in [2.24, 2.45) is 0 Å². The van der Waals surface area contributed by atoms with E-state index in [9.17, 15) is 8.78 Å². The molecule has 5 aromatic rings. The van der Waals surface area contributed by atoms with Crippen LogP contribution >= 0.6 is 0 Å². The minimum atomic E-state index is -0.701. The second-order valence-electron chi connectivity index (χ2n) is 9.04. The molecule has 0 amide bonds. The van der Waals surface area contributed by atoms with Gasteiger partial charge in [0, 0.05) is 42.0 Å². The van der Waals surface area contributed by atoms with Gasteiger partial charge in [0.05, 0.1) is 30.5 Å². The van der Waals surface area contributed by atoms with Crippen LogP contribution in [-0.2, 0) is 11.3 Å². The van der Waals surface area contributed by atoms with E-state index in [4.69, 9.17) is 24.5 Å². The molecule has 1 N–H and O–H groups in total. The fourth-order valence-electron chi connectivity index (χ4n) is 4.65. The standard InChI is InChI=1S/C28H25F2N7O2/c1-2-38-17-12-20(29)19(21(30)13-17)15-37-23-7-4-3-6-18(23)27(36-37)28-33-22(24-8-5-11-39-24)14-26(35-28)34-25-9-10-31-16-32-25/h3-4,6-7,9-10,12-14,16,24H,2,5,8,11,15H2,1H3,(H,31,32,33,34,35). The maximum Gasteiger partial charge on any atom is 0.183 e. The summed E-state index contributed by atoms with van der Waals surface area (Å²) in [6.45, 7) is 2.60. The van der Waals surface area contributed by atoms with Gasteiger partial charge < -0.3 is 14.8 Å². The summed E-state index contributed by atoms with van der Waals surface area (Å²) in [5, 5.41) is 8.70. The summed E-state index contributed by atoms with van der Waals surface area (Å²) in [6.07, 6.45) is 4.69. The molecule has 11 heteroatoms. The summed E-state index contributed by atoms with van der Waals surface area (Å²) in [5.74, 6) is 0.198. The molecule has 1 aliphatic heterocycles. The zero-order valence-corrected chi connectivity index (χ0v) is 21.1. The predicted octanol–water partition coefficient (Wildman–Crippen LogP) is 5.60. The van der Waals surface area contributed by atoms with E-state index in [2.05, 4.69) is 15.3 Å². The van der Waals surface area contributed by atoms with E-state index in [0.717, 1.165) is 23.9 Å². The van der Waals surface area contributed by atoms with E-state index in [0.29, 0.717) is 41.9 Å². The minimum Gasteiger partial charge on any atom is -0.494 e. The molecular weight excluding hydrogens is 504 g/mol. The van der Waals surface area contributed by atoms with E-state index in [-0.39, 0.29) is 24.0 Å². The van der Waals surface area contributed by atoms with Crippen molar-refractivity contribution in [3.63, 3.8) is 0 Å². The van der Waals surface area contributed by atoms with Crippen LogP contribution < -0.4 is 10.1 Å². The number of hydrogen-bond donors (Lipinski definition) is 1. The van der Waals surface area contributed by atoms with Crippen LogP contribution in [0.3, 0.4) is 0 Å². The number of hydrogen-bond acceptors (Lipinski definition) is 8. The Hall–Kier alpha value is -4.51. The quantitative estimate of drug-likeness (QED) is 0.277. The molecule has 1 unspecified atom stereocenters. The monoisotopic (exact) mass is 529 g/mol. The molecule has 0 aliphatic carbocycles. The molecule has 2 aromatic carbocycles. The Morgan fingerprint density at radius 1 is 1.08 bits per heavy atom. The Bertz CT molecular complexity index is 1600. The topological polar surface area (TPSA) is 99.9 Å². The van der Waals surface area contributed by atoms with Gasteiger partial charge >= 0.3 is 0 Å². The smallest absolute Gasteiger partial charge is 0.183 e. The third-order valence-corrected chi connectivity index (χ3v) is 6.45. The molecule has 0 saturated carbocycles. The Kier molecular flexibility index (Phi) is 6.80. The molecule has 1 atom stereocenters. The van der Waals surface area contributed by atoms with E-state index in [1.54, 1.807) is 23.9 Å². The highest BCUT2D eigenvalue weighted by molar-refractivity contribution is 5.91. The average molecular weight is 530 g/mol. The van der Waals surface area contributed by atoms with Crippen LogP contribution in [0.2, 0.25) is 0 Å². The predicted molar refractivity (Wildman–Crippen MR) is 141 cm³/mol. The van der Waals surface area contributed by atoms with Gasteiger partial charge in [-0.25, -0.2) is 28.7 Å². The third-order valence-electron chi connectivity index (χ3n) is 6.45. The highest BCUT2D eigenvalue weighted by atomic mass is 19.1. The fraction of sp³-hybridized carbons (Fsp3) is 0.250. The van der Waals surface area contributed by atoms with Crippen molar-refractivity contribution >= 4 is 22.5 Å². The summed E-state index contributed by atoms with van der Waals surface area (Å²) < 4.78 is 42.6. The second kappa shape index (κ2) is 10.7. The zero-order valence-electron chi connectivity index (χ0n) is 21.1. The van der Waals surface area contributed by atoms with Gasteiger partial charge in [-0.3, -0.25) is 4.68 Å². The lowest BCUT2D eigenvalue weighted by Crippen LogP contribution is -2.08. The van der Waals surface area contributed by atoms with E-state index < -0.39 is 11.6 Å². The molecular formula is C28H25F2N7O2. The van der Waals surface area contributed by atoms with Gasteiger partial charge in [-0.15, -0.1) is 0 Å². The SMILES string of the molecule is CCOc1cc(F)c(Cn2nc(-c3nc(Nc4ccncn4)cc(C4CCCO4)n3)c3ccccc32)c(F)c1. The lowest BCUT2D eigenvalue weighted by atomic mass is 10.1. The molecule has 1 aliphatic rings. The highest BCUT2D eigenvalue weighted by Gasteiger charge is 2.24. The largest absolute Gasteiger partial charge is 0.494 e. The summed E-state index contributed by atoms with van der Waals surface area (Å²) in [6, 6.07) is 13.4. The number of rotatable bonds is 8. The zero-order chi connectivity index (χ0) is 26.8. The number of ether oxygens (including phenoxy) is 2. The van der Waals surface area contributed by atoms with Crippen molar-refractivity contribution in [3.8, 4) is 17.3 Å². The number of aromatic nitrogens is 6. The Morgan fingerprint density at radius 2 is 1.92 bits per heavy atom. The lowest BCUT2D eigenvalue weighted by molar-refractivity contribution is 0.108. The van der Waals surface area contributed by atoms with Gasteiger partial charge in [0.15, 0.2) is 5.82 Å².